The molecule has 1 aromatic rings. The fraction of sp³-hybridized carbons (Fsp3) is 0.536. The topological polar surface area (TPSA) is 62.3 Å². The molecule has 37 heavy (non-hydrogen) atoms. The van der Waals surface area contributed by atoms with Crippen LogP contribution < -0.4 is 4.90 Å². The predicted molar refractivity (Wildman–Crippen MR) is 153 cm³/mol. The van der Waals surface area contributed by atoms with Gasteiger partial charge < -0.3 is 4.90 Å². The fourth-order valence-electron chi connectivity index (χ4n) is 4.96. The molecule has 0 aliphatic carbocycles. The lowest BCUT2D eigenvalue weighted by atomic mass is 9.83. The van der Waals surface area contributed by atoms with Crippen molar-refractivity contribution in [3.8, 4) is 0 Å². The summed E-state index contributed by atoms with van der Waals surface area (Å²) in [6.07, 6.45) is 9.53. The molecule has 7 nitrogen and oxygen atoms in total. The van der Waals surface area contributed by atoms with Crippen molar-refractivity contribution in [3.05, 3.63) is 47.2 Å². The van der Waals surface area contributed by atoms with Crippen LogP contribution in [0, 0.1) is 0 Å². The molecule has 2 aliphatic rings. The second-order valence-electron chi connectivity index (χ2n) is 9.70. The number of carbonyl (C=O) groups excluding carboxylic acids is 2. The average molecular weight is 546 g/mol. The van der Waals surface area contributed by atoms with Gasteiger partial charge in [0.15, 0.2) is 5.11 Å². The van der Waals surface area contributed by atoms with E-state index in [1.54, 1.807) is 6.08 Å². The third-order valence-corrected chi connectivity index (χ3v) is 8.09. The number of allylic oxidation sites excluding steroid dienone is 3. The monoisotopic (exact) mass is 545 g/mol. The van der Waals surface area contributed by atoms with E-state index in [-0.39, 0.29) is 27.9 Å². The Morgan fingerprint density at radius 1 is 0.946 bits per heavy atom. The van der Waals surface area contributed by atoms with E-state index in [1.165, 1.54) is 53.8 Å². The first-order valence-electron chi connectivity index (χ1n) is 13.1. The number of hydrogen-bond acceptors (Lipinski definition) is 7. The summed E-state index contributed by atoms with van der Waals surface area (Å²) < 4.78 is 5.09. The molecule has 0 unspecified atom stereocenters. The molecule has 0 spiro atoms. The smallest absolute Gasteiger partial charge is 0.265 e. The van der Waals surface area contributed by atoms with E-state index in [0.29, 0.717) is 13.1 Å². The predicted octanol–water partition coefficient (Wildman–Crippen LogP) is 6.15. The van der Waals surface area contributed by atoms with Crippen molar-refractivity contribution in [2.24, 2.45) is 0 Å². The summed E-state index contributed by atoms with van der Waals surface area (Å²) in [6.45, 7) is 12.0. The zero-order valence-electron chi connectivity index (χ0n) is 22.8. The molecule has 2 heterocycles. The molecule has 2 amide bonds. The molecule has 9 heteroatoms. The van der Waals surface area contributed by atoms with Crippen molar-refractivity contribution in [1.29, 1.82) is 0 Å². The summed E-state index contributed by atoms with van der Waals surface area (Å²) in [5, 5.41) is 0.274. The Hall–Kier alpha value is -2.20. The second kappa shape index (κ2) is 13.0. The van der Waals surface area contributed by atoms with E-state index in [2.05, 4.69) is 37.8 Å². The number of thiocarbonyl (C=S) groups is 1. The summed E-state index contributed by atoms with van der Waals surface area (Å²) in [5.74, 6) is -0.678. The van der Waals surface area contributed by atoms with Crippen LogP contribution >= 0.6 is 24.3 Å². The van der Waals surface area contributed by atoms with E-state index >= 15 is 0 Å². The van der Waals surface area contributed by atoms with Crippen molar-refractivity contribution in [2.75, 3.05) is 31.6 Å². The van der Waals surface area contributed by atoms with Crippen molar-refractivity contribution < 1.29 is 18.8 Å². The van der Waals surface area contributed by atoms with Crippen molar-refractivity contribution in [3.63, 3.8) is 0 Å². The zero-order chi connectivity index (χ0) is 27.2. The maximum atomic E-state index is 13.2. The maximum Gasteiger partial charge on any atom is 0.265 e. The number of likely N-dealkylation sites (N-methyl/N-ethyl adjacent to an activating group) is 2. The van der Waals surface area contributed by atoms with Gasteiger partial charge in [0.1, 0.15) is 5.57 Å². The number of amides is 2. The number of carbonyl (C=O) groups is 2. The molecule has 3 rings (SSSR count). The molecular weight excluding hydrogens is 506 g/mol. The quantitative estimate of drug-likeness (QED) is 0.0594. The Bertz CT molecular complexity index is 1060. The third-order valence-electron chi connectivity index (χ3n) is 7.00. The Kier molecular flexibility index (Phi) is 10.3. The van der Waals surface area contributed by atoms with E-state index < -0.39 is 0 Å². The first-order chi connectivity index (χ1) is 17.7. The van der Waals surface area contributed by atoms with E-state index in [9.17, 15) is 9.59 Å². The van der Waals surface area contributed by atoms with Crippen LogP contribution in [0.25, 0.3) is 0 Å². The number of fused-ring (bicyclic) bond motifs is 1. The average Bonchev–Trinajstić information content (AvgIpc) is 3.08. The van der Waals surface area contributed by atoms with Gasteiger partial charge in [0.2, 0.25) is 0 Å². The van der Waals surface area contributed by atoms with Gasteiger partial charge in [0, 0.05) is 41.3 Å². The van der Waals surface area contributed by atoms with Gasteiger partial charge in [-0.15, -0.1) is 0 Å². The third kappa shape index (κ3) is 6.11. The summed E-state index contributed by atoms with van der Waals surface area (Å²) in [6, 6.07) is 6.27. The fourth-order valence-corrected chi connectivity index (χ4v) is 5.82. The van der Waals surface area contributed by atoms with Crippen LogP contribution in [0.1, 0.15) is 72.3 Å². The molecule has 0 saturated carbocycles. The maximum absolute atomic E-state index is 13.2. The van der Waals surface area contributed by atoms with Crippen molar-refractivity contribution in [2.45, 2.75) is 77.0 Å². The van der Waals surface area contributed by atoms with E-state index in [4.69, 9.17) is 21.4 Å². The number of rotatable bonds is 12. The standard InChI is InChI=1S/C28H39N3O4S2/c1-7-10-11-12-13-18-31-23-16-14-20(37-35-34-6)19-22(23)28(4,5)24(31)17-15-21-25(32)29(8-2)27(36)30(9-3)26(21)33/h14-17,19H,7-13,18H2,1-6H3. The van der Waals surface area contributed by atoms with Gasteiger partial charge in [-0.05, 0) is 68.4 Å². The normalized spacial score (nSPS) is 18.3. The van der Waals surface area contributed by atoms with Gasteiger partial charge in [-0.3, -0.25) is 19.4 Å². The Labute approximate surface area is 231 Å². The van der Waals surface area contributed by atoms with Crippen LogP contribution in [0.4, 0.5) is 5.69 Å². The van der Waals surface area contributed by atoms with Crippen LogP contribution in [0.3, 0.4) is 0 Å². The first kappa shape index (κ1) is 29.4. The molecule has 202 valence electrons. The van der Waals surface area contributed by atoms with Gasteiger partial charge in [0.05, 0.1) is 19.2 Å². The minimum absolute atomic E-state index is 0.143. The summed E-state index contributed by atoms with van der Waals surface area (Å²) in [4.78, 5) is 37.4. The highest BCUT2D eigenvalue weighted by Gasteiger charge is 2.41. The van der Waals surface area contributed by atoms with Gasteiger partial charge in [-0.2, -0.15) is 4.33 Å². The highest BCUT2D eigenvalue weighted by Crippen LogP contribution is 2.49. The van der Waals surface area contributed by atoms with Crippen LogP contribution in [-0.4, -0.2) is 53.5 Å². The number of anilines is 1. The lowest BCUT2D eigenvalue weighted by molar-refractivity contribution is -0.160. The summed E-state index contributed by atoms with van der Waals surface area (Å²) >= 11 is 6.58. The zero-order valence-corrected chi connectivity index (χ0v) is 24.5. The van der Waals surface area contributed by atoms with Gasteiger partial charge in [0.25, 0.3) is 11.8 Å². The van der Waals surface area contributed by atoms with Crippen molar-refractivity contribution >= 4 is 46.9 Å². The number of nitrogens with zero attached hydrogens (tertiary/aromatic N) is 3. The van der Waals surface area contributed by atoms with E-state index in [1.807, 2.05) is 26.0 Å². The minimum atomic E-state index is -0.343. The molecule has 2 aliphatic heterocycles. The van der Waals surface area contributed by atoms with Crippen LogP contribution in [0.2, 0.25) is 0 Å². The van der Waals surface area contributed by atoms with Crippen LogP contribution in [0.15, 0.2) is 46.5 Å². The molecule has 0 N–H and O–H groups in total. The molecule has 1 aromatic carbocycles. The molecule has 1 fully saturated rings. The Morgan fingerprint density at radius 3 is 2.19 bits per heavy atom. The first-order valence-corrected chi connectivity index (χ1v) is 14.3. The SMILES string of the molecule is CCCCCCCN1C(=CC=C2C(=O)N(CC)C(=S)N(CC)C2=O)C(C)(C)c2cc(SOOC)ccc21. The molecule has 0 bridgehead atoms. The van der Waals surface area contributed by atoms with Crippen LogP contribution in [0.5, 0.6) is 0 Å². The Balaban J connectivity index is 2.02. The molecule has 0 aromatic heterocycles. The van der Waals surface area contributed by atoms with Gasteiger partial charge >= 0.3 is 0 Å². The summed E-state index contributed by atoms with van der Waals surface area (Å²) in [5.41, 5.74) is 3.16. The highest BCUT2D eigenvalue weighted by atomic mass is 32.2. The van der Waals surface area contributed by atoms with Crippen molar-refractivity contribution in [1.82, 2.24) is 9.80 Å². The molecule has 1 saturated heterocycles. The number of benzene rings is 1. The van der Waals surface area contributed by atoms with Crippen LogP contribution in [-0.2, 0) is 24.2 Å². The molecule has 0 radical (unpaired) electrons. The largest absolute Gasteiger partial charge is 0.344 e. The number of unbranched alkanes of at least 4 members (excludes halogenated alkanes) is 4. The van der Waals surface area contributed by atoms with Gasteiger partial charge in [-0.1, -0.05) is 46.5 Å². The molecular formula is C28H39N3O4S2. The highest BCUT2D eigenvalue weighted by molar-refractivity contribution is 7.94. The summed E-state index contributed by atoms with van der Waals surface area (Å²) in [7, 11) is 1.48. The lowest BCUT2D eigenvalue weighted by Crippen LogP contribution is -2.55. The van der Waals surface area contributed by atoms with E-state index in [0.717, 1.165) is 35.7 Å². The van der Waals surface area contributed by atoms with Gasteiger partial charge in [-0.25, -0.2) is 4.89 Å². The second-order valence-corrected chi connectivity index (χ2v) is 10.8. The molecule has 0 atom stereocenters. The number of hydrogen-bond donors (Lipinski definition) is 0. The lowest BCUT2D eigenvalue weighted by Gasteiger charge is -2.35. The Morgan fingerprint density at radius 2 is 1.59 bits per heavy atom. The minimum Gasteiger partial charge on any atom is -0.344 e.